The number of likely N-dealkylation sites (N-methyl/N-ethyl adjacent to an activating group) is 1. The molecule has 4 N–H and O–H groups in total. The van der Waals surface area contributed by atoms with Crippen LogP contribution >= 0.6 is 0 Å². The molecule has 2 aromatic heterocycles. The summed E-state index contributed by atoms with van der Waals surface area (Å²) in [6.07, 6.45) is 2.13. The van der Waals surface area contributed by atoms with Gasteiger partial charge in [-0.1, -0.05) is 0 Å². The van der Waals surface area contributed by atoms with Crippen molar-refractivity contribution >= 4 is 23.4 Å². The van der Waals surface area contributed by atoms with Crippen LogP contribution in [0.1, 0.15) is 6.23 Å². The molecule has 2 saturated heterocycles. The van der Waals surface area contributed by atoms with E-state index in [2.05, 4.69) is 20.3 Å². The number of carbonyl (C=O) groups excluding carboxylic acids is 1. The second kappa shape index (κ2) is 4.35. The fourth-order valence-corrected chi connectivity index (χ4v) is 3.20. The van der Waals surface area contributed by atoms with E-state index in [1.807, 2.05) is 0 Å². The predicted octanol–water partition coefficient (Wildman–Crippen LogP) is -1.95. The SMILES string of the molecule is CN(C=O)[C@]12CN[C@@H]([C@H](n3cnc4c(N)ncnc43)O1)[C@@H]2O. The monoisotopic (exact) mass is 305 g/mol. The van der Waals surface area contributed by atoms with Crippen molar-refractivity contribution in [2.24, 2.45) is 0 Å². The molecular weight excluding hydrogens is 290 g/mol. The molecule has 0 radical (unpaired) electrons. The van der Waals surface area contributed by atoms with Crippen LogP contribution in [0.2, 0.25) is 0 Å². The van der Waals surface area contributed by atoms with E-state index in [1.165, 1.54) is 11.2 Å². The summed E-state index contributed by atoms with van der Waals surface area (Å²) in [5.41, 5.74) is 5.68. The van der Waals surface area contributed by atoms with Gasteiger partial charge >= 0.3 is 0 Å². The van der Waals surface area contributed by atoms with Gasteiger partial charge < -0.3 is 25.8 Å². The van der Waals surface area contributed by atoms with Crippen molar-refractivity contribution in [3.63, 3.8) is 0 Å². The van der Waals surface area contributed by atoms with Crippen LogP contribution in [0.4, 0.5) is 5.82 Å². The van der Waals surface area contributed by atoms with E-state index in [0.717, 1.165) is 0 Å². The van der Waals surface area contributed by atoms with E-state index in [-0.39, 0.29) is 11.9 Å². The van der Waals surface area contributed by atoms with Crippen molar-refractivity contribution in [3.05, 3.63) is 12.7 Å². The van der Waals surface area contributed by atoms with Crippen molar-refractivity contribution in [3.8, 4) is 0 Å². The maximum Gasteiger partial charge on any atom is 0.211 e. The lowest BCUT2D eigenvalue weighted by Crippen LogP contribution is -2.55. The third kappa shape index (κ3) is 1.48. The van der Waals surface area contributed by atoms with Crippen LogP contribution in [-0.4, -0.2) is 67.4 Å². The minimum absolute atomic E-state index is 0.278. The average molecular weight is 305 g/mol. The lowest BCUT2D eigenvalue weighted by atomic mass is 10.1. The molecule has 2 fully saturated rings. The van der Waals surface area contributed by atoms with Gasteiger partial charge in [-0.15, -0.1) is 0 Å². The molecule has 2 aromatic rings. The Hall–Kier alpha value is -2.30. The van der Waals surface area contributed by atoms with Crippen LogP contribution in [0, 0.1) is 0 Å². The zero-order valence-electron chi connectivity index (χ0n) is 11.7. The summed E-state index contributed by atoms with van der Waals surface area (Å²) in [5, 5.41) is 13.7. The summed E-state index contributed by atoms with van der Waals surface area (Å²) in [4.78, 5) is 24.7. The van der Waals surface area contributed by atoms with E-state index in [0.29, 0.717) is 24.1 Å². The maximum absolute atomic E-state index is 11.1. The van der Waals surface area contributed by atoms with Gasteiger partial charge in [-0.3, -0.25) is 9.36 Å². The first-order valence-corrected chi connectivity index (χ1v) is 6.79. The van der Waals surface area contributed by atoms with Crippen molar-refractivity contribution < 1.29 is 14.6 Å². The van der Waals surface area contributed by atoms with Gasteiger partial charge in [0.1, 0.15) is 17.9 Å². The Morgan fingerprint density at radius 1 is 1.59 bits per heavy atom. The molecule has 116 valence electrons. The highest BCUT2D eigenvalue weighted by Crippen LogP contribution is 2.43. The molecule has 4 rings (SSSR count). The van der Waals surface area contributed by atoms with Gasteiger partial charge in [-0.05, 0) is 0 Å². The molecule has 0 unspecified atom stereocenters. The summed E-state index contributed by atoms with van der Waals surface area (Å²) in [6.45, 7) is 0.355. The van der Waals surface area contributed by atoms with E-state index < -0.39 is 18.1 Å². The van der Waals surface area contributed by atoms with Crippen molar-refractivity contribution in [1.29, 1.82) is 0 Å². The minimum atomic E-state index is -1.09. The van der Waals surface area contributed by atoms with Gasteiger partial charge in [-0.2, -0.15) is 0 Å². The number of aromatic nitrogens is 4. The quantitative estimate of drug-likeness (QED) is 0.558. The molecule has 1 amide bonds. The number of nitrogens with two attached hydrogens (primary N) is 1. The van der Waals surface area contributed by atoms with Gasteiger partial charge in [-0.25, -0.2) is 15.0 Å². The second-order valence-corrected chi connectivity index (χ2v) is 5.50. The molecule has 2 aliphatic heterocycles. The maximum atomic E-state index is 11.1. The van der Waals surface area contributed by atoms with E-state index in [9.17, 15) is 9.90 Å². The number of amides is 1. The zero-order chi connectivity index (χ0) is 15.5. The summed E-state index contributed by atoms with van der Waals surface area (Å²) in [6, 6.07) is -0.379. The summed E-state index contributed by atoms with van der Waals surface area (Å²) in [7, 11) is 1.58. The number of aliphatic hydroxyl groups is 1. The smallest absolute Gasteiger partial charge is 0.211 e. The number of fused-ring (bicyclic) bond motifs is 3. The minimum Gasteiger partial charge on any atom is -0.386 e. The molecule has 0 aliphatic carbocycles. The third-order valence-corrected chi connectivity index (χ3v) is 4.44. The molecule has 0 aromatic carbocycles. The number of nitrogens with one attached hydrogen (secondary N) is 1. The van der Waals surface area contributed by atoms with Gasteiger partial charge in [0.2, 0.25) is 6.41 Å². The van der Waals surface area contributed by atoms with E-state index in [1.54, 1.807) is 17.9 Å². The van der Waals surface area contributed by atoms with Gasteiger partial charge in [0.15, 0.2) is 23.4 Å². The number of rotatable bonds is 3. The van der Waals surface area contributed by atoms with E-state index in [4.69, 9.17) is 10.5 Å². The van der Waals surface area contributed by atoms with Crippen molar-refractivity contribution in [2.45, 2.75) is 24.1 Å². The second-order valence-electron chi connectivity index (χ2n) is 5.50. The number of nitrogens with zero attached hydrogens (tertiary/aromatic N) is 5. The first-order chi connectivity index (χ1) is 10.6. The Bertz CT molecular complexity index is 749. The van der Waals surface area contributed by atoms with Crippen LogP contribution in [-0.2, 0) is 9.53 Å². The van der Waals surface area contributed by atoms with Crippen LogP contribution in [0.15, 0.2) is 12.7 Å². The van der Waals surface area contributed by atoms with Crippen LogP contribution < -0.4 is 11.1 Å². The molecule has 0 spiro atoms. The molecule has 2 aliphatic rings. The highest BCUT2D eigenvalue weighted by atomic mass is 16.6. The Balaban J connectivity index is 1.78. The lowest BCUT2D eigenvalue weighted by molar-refractivity contribution is -0.186. The molecule has 10 nitrogen and oxygen atoms in total. The Kier molecular flexibility index (Phi) is 2.64. The molecule has 4 heterocycles. The summed E-state index contributed by atoms with van der Waals surface area (Å²) in [5.74, 6) is 0.278. The summed E-state index contributed by atoms with van der Waals surface area (Å²) >= 11 is 0. The molecular formula is C12H15N7O3. The largest absolute Gasteiger partial charge is 0.386 e. The van der Waals surface area contributed by atoms with Crippen LogP contribution in [0.25, 0.3) is 11.2 Å². The number of carbonyl (C=O) groups is 1. The number of nitrogen functional groups attached to an aromatic ring is 1. The Labute approximate surface area is 124 Å². The van der Waals surface area contributed by atoms with Crippen molar-refractivity contribution in [1.82, 2.24) is 29.7 Å². The van der Waals surface area contributed by atoms with E-state index >= 15 is 0 Å². The van der Waals surface area contributed by atoms with Gasteiger partial charge in [0.05, 0.1) is 12.4 Å². The number of aliphatic hydroxyl groups excluding tert-OH is 1. The standard InChI is InChI=1S/C12H15N7O3/c1-18(5-20)12-2-14-6(8(12)21)11(22-12)19-4-17-7-9(13)15-3-16-10(7)19/h3-6,8,11,14,21H,2H2,1H3,(H2,13,15,16)/t6-,8+,11-,12-/m1/s1. The Morgan fingerprint density at radius 3 is 3.18 bits per heavy atom. The number of imidazole rings is 1. The Morgan fingerprint density at radius 2 is 2.41 bits per heavy atom. The number of ether oxygens (including phenoxy) is 1. The first kappa shape index (κ1) is 13.4. The molecule has 0 saturated carbocycles. The predicted molar refractivity (Wildman–Crippen MR) is 74.2 cm³/mol. The molecule has 10 heteroatoms. The average Bonchev–Trinajstić information content (AvgIpc) is 3.18. The summed E-state index contributed by atoms with van der Waals surface area (Å²) < 4.78 is 7.70. The highest BCUT2D eigenvalue weighted by Gasteiger charge is 2.62. The first-order valence-electron chi connectivity index (χ1n) is 6.79. The topological polar surface area (TPSA) is 131 Å². The number of hydrogen-bond donors (Lipinski definition) is 3. The van der Waals surface area contributed by atoms with Crippen LogP contribution in [0.3, 0.4) is 0 Å². The highest BCUT2D eigenvalue weighted by molar-refractivity contribution is 5.81. The van der Waals surface area contributed by atoms with Gasteiger partial charge in [0.25, 0.3) is 0 Å². The lowest BCUT2D eigenvalue weighted by Gasteiger charge is -2.36. The number of hydrogen-bond acceptors (Lipinski definition) is 8. The fraction of sp³-hybridized carbons (Fsp3) is 0.500. The molecule has 4 atom stereocenters. The number of anilines is 1. The van der Waals surface area contributed by atoms with Crippen LogP contribution in [0.5, 0.6) is 0 Å². The van der Waals surface area contributed by atoms with Gasteiger partial charge in [0, 0.05) is 13.6 Å². The zero-order valence-corrected chi connectivity index (χ0v) is 11.7. The fourth-order valence-electron chi connectivity index (χ4n) is 3.20. The van der Waals surface area contributed by atoms with Crippen molar-refractivity contribution in [2.75, 3.05) is 19.3 Å². The molecule has 2 bridgehead atoms. The number of morpholine rings is 1. The molecule has 22 heavy (non-hydrogen) atoms. The normalized spacial score (nSPS) is 33.5. The third-order valence-electron chi connectivity index (χ3n) is 4.44.